The molecule has 1 amide bonds. The summed E-state index contributed by atoms with van der Waals surface area (Å²) in [4.78, 5) is 13.2. The maximum atomic E-state index is 13.2. The number of nitrogens with two attached hydrogens (primary N) is 1. The van der Waals surface area contributed by atoms with E-state index in [-0.39, 0.29) is 31.3 Å². The molecule has 1 aromatic heterocycles. The molecule has 0 unspecified atom stereocenters. The number of carbonyl (C=O) groups is 1. The van der Waals surface area contributed by atoms with Crippen molar-refractivity contribution in [3.05, 3.63) is 48.0 Å². The fourth-order valence-electron chi connectivity index (χ4n) is 3.48. The molecule has 0 bridgehead atoms. The number of rotatable bonds is 8. The van der Waals surface area contributed by atoms with Gasteiger partial charge in [-0.15, -0.1) is 0 Å². The molecular formula is C18H26N4O4. The van der Waals surface area contributed by atoms with E-state index < -0.39 is 16.9 Å². The van der Waals surface area contributed by atoms with Crippen LogP contribution in [0.4, 0.5) is 0 Å². The van der Waals surface area contributed by atoms with Gasteiger partial charge in [-0.1, -0.05) is 37.3 Å². The van der Waals surface area contributed by atoms with Crippen molar-refractivity contribution in [3.63, 3.8) is 0 Å². The Balaban J connectivity index is 2.82. The maximum absolute atomic E-state index is 13.2. The monoisotopic (exact) mass is 362 g/mol. The summed E-state index contributed by atoms with van der Waals surface area (Å²) in [6.07, 6.45) is 0.138. The van der Waals surface area contributed by atoms with Crippen molar-refractivity contribution >= 4 is 5.91 Å². The summed E-state index contributed by atoms with van der Waals surface area (Å²) < 4.78 is 1.17. The number of benzene rings is 1. The van der Waals surface area contributed by atoms with Gasteiger partial charge in [0, 0.05) is 44.1 Å². The molecule has 0 radical (unpaired) electrons. The first-order chi connectivity index (χ1) is 12.4. The lowest BCUT2D eigenvalue weighted by Gasteiger charge is -2.48. The van der Waals surface area contributed by atoms with Crippen LogP contribution in [0.5, 0.6) is 11.8 Å². The van der Waals surface area contributed by atoms with Crippen molar-refractivity contribution in [2.24, 2.45) is 11.1 Å². The van der Waals surface area contributed by atoms with Crippen molar-refractivity contribution in [1.29, 1.82) is 0 Å². The lowest BCUT2D eigenvalue weighted by atomic mass is 9.66. The summed E-state index contributed by atoms with van der Waals surface area (Å²) in [5.41, 5.74) is 6.35. The predicted molar refractivity (Wildman–Crippen MR) is 96.9 cm³/mol. The number of aromatic nitrogens is 1. The molecule has 8 nitrogen and oxygen atoms in total. The molecule has 0 saturated carbocycles. The smallest absolute Gasteiger partial charge is 0.247 e. The number of nitrogens with zero attached hydrogens (tertiary/aromatic N) is 1. The molecule has 0 fully saturated rings. The first kappa shape index (κ1) is 19.8. The Bertz CT molecular complexity index is 729. The molecule has 142 valence electrons. The first-order valence-electron chi connectivity index (χ1n) is 8.29. The summed E-state index contributed by atoms with van der Waals surface area (Å²) in [5.74, 6) is -1.01. The lowest BCUT2D eigenvalue weighted by Crippen LogP contribution is -2.64. The van der Waals surface area contributed by atoms with Gasteiger partial charge in [-0.3, -0.25) is 9.36 Å². The quantitative estimate of drug-likeness (QED) is 0.380. The zero-order chi connectivity index (χ0) is 19.4. The summed E-state index contributed by atoms with van der Waals surface area (Å²) in [6, 6.07) is 11.8. The fraction of sp³-hybridized carbons (Fsp3) is 0.389. The minimum Gasteiger partial charge on any atom is -0.494 e. The number of amides is 1. The van der Waals surface area contributed by atoms with Crippen LogP contribution in [0.1, 0.15) is 12.5 Å². The van der Waals surface area contributed by atoms with Crippen LogP contribution < -0.4 is 16.5 Å². The van der Waals surface area contributed by atoms with E-state index >= 15 is 0 Å². The van der Waals surface area contributed by atoms with Gasteiger partial charge in [0.25, 0.3) is 0 Å². The minimum absolute atomic E-state index is 0.00211. The van der Waals surface area contributed by atoms with E-state index in [9.17, 15) is 20.2 Å². The number of aromatic hydroxyl groups is 2. The van der Waals surface area contributed by atoms with Crippen molar-refractivity contribution in [2.45, 2.75) is 18.9 Å². The fourth-order valence-corrected chi connectivity index (χ4v) is 3.48. The van der Waals surface area contributed by atoms with E-state index in [2.05, 4.69) is 10.8 Å². The Morgan fingerprint density at radius 3 is 2.19 bits per heavy atom. The normalized spacial score (nSPS) is 15.8. The van der Waals surface area contributed by atoms with Crippen molar-refractivity contribution in [1.82, 2.24) is 15.4 Å². The average molecular weight is 362 g/mol. The molecule has 0 aliphatic rings. The average Bonchev–Trinajstić information content (AvgIpc) is 2.98. The summed E-state index contributed by atoms with van der Waals surface area (Å²) in [6.45, 7) is 1.67. The molecule has 0 saturated heterocycles. The van der Waals surface area contributed by atoms with Gasteiger partial charge in [-0.2, -0.15) is 0 Å². The maximum Gasteiger partial charge on any atom is 0.247 e. The first-order valence-corrected chi connectivity index (χ1v) is 8.29. The number of likely N-dealkylation sites (N-methyl/N-ethyl adjacent to an activating group) is 1. The predicted octanol–water partition coefficient (Wildman–Crippen LogP) is 0.527. The van der Waals surface area contributed by atoms with Gasteiger partial charge in [0.1, 0.15) is 5.54 Å². The van der Waals surface area contributed by atoms with Gasteiger partial charge >= 0.3 is 0 Å². The van der Waals surface area contributed by atoms with Gasteiger partial charge in [-0.25, -0.2) is 5.48 Å². The lowest BCUT2D eigenvalue weighted by molar-refractivity contribution is -0.138. The molecule has 0 aliphatic carbocycles. The Morgan fingerprint density at radius 2 is 1.73 bits per heavy atom. The topological polar surface area (TPSA) is 133 Å². The highest BCUT2D eigenvalue weighted by molar-refractivity contribution is 5.86. The van der Waals surface area contributed by atoms with Crippen LogP contribution >= 0.6 is 0 Å². The molecule has 1 aromatic carbocycles. The zero-order valence-corrected chi connectivity index (χ0v) is 14.9. The number of hydroxylamine groups is 1. The van der Waals surface area contributed by atoms with E-state index in [0.717, 1.165) is 5.56 Å². The van der Waals surface area contributed by atoms with Crippen LogP contribution in [0.25, 0.3) is 0 Å². The molecule has 0 aliphatic heterocycles. The zero-order valence-electron chi connectivity index (χ0n) is 14.9. The van der Waals surface area contributed by atoms with Crippen LogP contribution in [-0.4, -0.2) is 46.0 Å². The second kappa shape index (κ2) is 7.77. The Morgan fingerprint density at radius 1 is 1.15 bits per heavy atom. The summed E-state index contributed by atoms with van der Waals surface area (Å²) in [7, 11) is 1.48. The SMILES string of the molecule is CNC(=O)[C@](Cc1ccccc1)(n1c(O)ccc1O)[C@](C)(CN)CNO. The molecule has 7 N–H and O–H groups in total. The summed E-state index contributed by atoms with van der Waals surface area (Å²) in [5, 5.41) is 32.8. The molecule has 2 rings (SSSR count). The minimum atomic E-state index is -1.51. The van der Waals surface area contributed by atoms with E-state index in [4.69, 9.17) is 5.73 Å². The summed E-state index contributed by atoms with van der Waals surface area (Å²) >= 11 is 0. The second-order valence-corrected chi connectivity index (χ2v) is 6.59. The van der Waals surface area contributed by atoms with Crippen LogP contribution in [-0.2, 0) is 16.8 Å². The molecule has 0 spiro atoms. The third-order valence-electron chi connectivity index (χ3n) is 5.05. The molecule has 26 heavy (non-hydrogen) atoms. The molecule has 2 atom stereocenters. The third kappa shape index (κ3) is 3.14. The van der Waals surface area contributed by atoms with Gasteiger partial charge in [0.15, 0.2) is 11.8 Å². The van der Waals surface area contributed by atoms with Crippen molar-refractivity contribution in [2.75, 3.05) is 20.1 Å². The van der Waals surface area contributed by atoms with Gasteiger partial charge in [0.2, 0.25) is 5.91 Å². The molecule has 2 aromatic rings. The molecular weight excluding hydrogens is 336 g/mol. The van der Waals surface area contributed by atoms with Crippen molar-refractivity contribution < 1.29 is 20.2 Å². The molecule has 1 heterocycles. The third-order valence-corrected chi connectivity index (χ3v) is 5.05. The van der Waals surface area contributed by atoms with E-state index in [1.807, 2.05) is 30.3 Å². The second-order valence-electron chi connectivity index (χ2n) is 6.59. The van der Waals surface area contributed by atoms with Crippen LogP contribution in [0.3, 0.4) is 0 Å². The highest BCUT2D eigenvalue weighted by Crippen LogP contribution is 2.45. The Labute approximate surface area is 152 Å². The van der Waals surface area contributed by atoms with Crippen LogP contribution in [0.2, 0.25) is 0 Å². The number of hydrogen-bond donors (Lipinski definition) is 6. The van der Waals surface area contributed by atoms with Gasteiger partial charge < -0.3 is 26.5 Å². The standard InChI is InChI=1S/C18H26N4O4/c1-17(11-19,12-21-26)18(16(25)20-2,10-13-6-4-3-5-7-13)22-14(23)8-9-15(22)24/h3-9,21,23-24,26H,10-12,19H2,1-2H3,(H,20,25)/t17-,18+/m1/s1. The van der Waals surface area contributed by atoms with Crippen LogP contribution in [0, 0.1) is 5.41 Å². The van der Waals surface area contributed by atoms with Crippen LogP contribution in [0.15, 0.2) is 42.5 Å². The van der Waals surface area contributed by atoms with Gasteiger partial charge in [0.05, 0.1) is 0 Å². The van der Waals surface area contributed by atoms with E-state index in [1.165, 1.54) is 23.7 Å². The Hall–Kier alpha value is -2.55. The number of carbonyl (C=O) groups excluding carboxylic acids is 1. The van der Waals surface area contributed by atoms with E-state index in [0.29, 0.717) is 0 Å². The Kier molecular flexibility index (Phi) is 5.91. The largest absolute Gasteiger partial charge is 0.494 e. The van der Waals surface area contributed by atoms with Gasteiger partial charge in [-0.05, 0) is 5.56 Å². The highest BCUT2D eigenvalue weighted by atomic mass is 16.5. The van der Waals surface area contributed by atoms with Crippen molar-refractivity contribution in [3.8, 4) is 11.8 Å². The number of hydrogen-bond acceptors (Lipinski definition) is 6. The molecule has 8 heteroatoms. The highest BCUT2D eigenvalue weighted by Gasteiger charge is 2.56. The van der Waals surface area contributed by atoms with E-state index in [1.54, 1.807) is 6.92 Å². The number of nitrogens with one attached hydrogen (secondary N) is 2.